The summed E-state index contributed by atoms with van der Waals surface area (Å²) in [5.41, 5.74) is 0.241. The molecule has 21 heavy (non-hydrogen) atoms. The fraction of sp³-hybridized carbons (Fsp3) is 0.600. The SMILES string of the molecule is COCCCN(CCOC)Cc1ccc(C(F)(F)F)cc1. The van der Waals surface area contributed by atoms with Gasteiger partial charge < -0.3 is 9.47 Å². The summed E-state index contributed by atoms with van der Waals surface area (Å²) in [6.07, 6.45) is -3.41. The highest BCUT2D eigenvalue weighted by atomic mass is 19.4. The summed E-state index contributed by atoms with van der Waals surface area (Å²) in [5, 5.41) is 0. The summed E-state index contributed by atoms with van der Waals surface area (Å²) in [7, 11) is 3.28. The number of halogens is 3. The van der Waals surface area contributed by atoms with Gasteiger partial charge in [0.15, 0.2) is 0 Å². The summed E-state index contributed by atoms with van der Waals surface area (Å²) in [5.74, 6) is 0. The van der Waals surface area contributed by atoms with E-state index >= 15 is 0 Å². The summed E-state index contributed by atoms with van der Waals surface area (Å²) in [4.78, 5) is 2.14. The van der Waals surface area contributed by atoms with Crippen LogP contribution in [0, 0.1) is 0 Å². The summed E-state index contributed by atoms with van der Waals surface area (Å²) >= 11 is 0. The maximum atomic E-state index is 12.5. The number of hydrogen-bond acceptors (Lipinski definition) is 3. The quantitative estimate of drug-likeness (QED) is 0.654. The van der Waals surface area contributed by atoms with Crippen LogP contribution >= 0.6 is 0 Å². The van der Waals surface area contributed by atoms with Gasteiger partial charge in [0.2, 0.25) is 0 Å². The van der Waals surface area contributed by atoms with Crippen LogP contribution in [0.1, 0.15) is 17.5 Å². The number of hydrogen-bond donors (Lipinski definition) is 0. The van der Waals surface area contributed by atoms with Crippen LogP contribution in [-0.2, 0) is 22.2 Å². The second-order valence-corrected chi connectivity index (χ2v) is 4.81. The van der Waals surface area contributed by atoms with Gasteiger partial charge in [-0.1, -0.05) is 12.1 Å². The number of methoxy groups -OCH3 is 2. The Labute approximate surface area is 123 Å². The molecule has 0 spiro atoms. The molecule has 0 aromatic heterocycles. The molecule has 1 aromatic carbocycles. The van der Waals surface area contributed by atoms with E-state index in [9.17, 15) is 13.2 Å². The molecule has 120 valence electrons. The lowest BCUT2D eigenvalue weighted by Crippen LogP contribution is -2.28. The Morgan fingerprint density at radius 1 is 0.952 bits per heavy atom. The minimum absolute atomic E-state index is 0.591. The maximum Gasteiger partial charge on any atom is 0.416 e. The van der Waals surface area contributed by atoms with Crippen LogP contribution < -0.4 is 0 Å². The van der Waals surface area contributed by atoms with Crippen molar-refractivity contribution in [3.63, 3.8) is 0 Å². The van der Waals surface area contributed by atoms with Gasteiger partial charge >= 0.3 is 6.18 Å². The summed E-state index contributed by atoms with van der Waals surface area (Å²) in [6, 6.07) is 5.30. The molecule has 0 saturated carbocycles. The third-order valence-electron chi connectivity index (χ3n) is 3.12. The zero-order valence-electron chi connectivity index (χ0n) is 12.4. The molecule has 0 atom stereocenters. The van der Waals surface area contributed by atoms with Crippen molar-refractivity contribution >= 4 is 0 Å². The van der Waals surface area contributed by atoms with E-state index in [4.69, 9.17) is 9.47 Å². The molecule has 0 radical (unpaired) electrons. The van der Waals surface area contributed by atoms with E-state index in [0.29, 0.717) is 19.8 Å². The van der Waals surface area contributed by atoms with Gasteiger partial charge in [0, 0.05) is 40.5 Å². The molecule has 3 nitrogen and oxygen atoms in total. The first-order valence-corrected chi connectivity index (χ1v) is 6.83. The van der Waals surface area contributed by atoms with Gasteiger partial charge in [0.1, 0.15) is 0 Å². The smallest absolute Gasteiger partial charge is 0.385 e. The average molecular weight is 305 g/mol. The van der Waals surface area contributed by atoms with Gasteiger partial charge in [0.25, 0.3) is 0 Å². The standard InChI is InChI=1S/C15H22F3NO2/c1-20-10-3-8-19(9-11-21-2)12-13-4-6-14(7-5-13)15(16,17)18/h4-7H,3,8-12H2,1-2H3. The van der Waals surface area contributed by atoms with Gasteiger partial charge in [0.05, 0.1) is 12.2 Å². The average Bonchev–Trinajstić information content (AvgIpc) is 2.44. The fourth-order valence-corrected chi connectivity index (χ4v) is 1.98. The van der Waals surface area contributed by atoms with Crippen LogP contribution in [0.15, 0.2) is 24.3 Å². The number of ether oxygens (including phenoxy) is 2. The third kappa shape index (κ3) is 6.93. The van der Waals surface area contributed by atoms with Crippen LogP contribution in [0.3, 0.4) is 0 Å². The Hall–Kier alpha value is -1.11. The number of alkyl halides is 3. The number of rotatable bonds is 9. The van der Waals surface area contributed by atoms with E-state index in [-0.39, 0.29) is 0 Å². The molecule has 6 heteroatoms. The van der Waals surface area contributed by atoms with Crippen LogP contribution in [-0.4, -0.2) is 45.4 Å². The van der Waals surface area contributed by atoms with E-state index in [1.165, 1.54) is 12.1 Å². The lowest BCUT2D eigenvalue weighted by Gasteiger charge is -2.22. The second kappa shape index (κ2) is 9.02. The molecule has 0 fully saturated rings. The molecule has 1 aromatic rings. The van der Waals surface area contributed by atoms with Gasteiger partial charge in [-0.15, -0.1) is 0 Å². The molecule has 0 amide bonds. The summed E-state index contributed by atoms with van der Waals surface area (Å²) in [6.45, 7) is 3.41. The maximum absolute atomic E-state index is 12.5. The fourth-order valence-electron chi connectivity index (χ4n) is 1.98. The second-order valence-electron chi connectivity index (χ2n) is 4.81. The van der Waals surface area contributed by atoms with Crippen molar-refractivity contribution in [1.82, 2.24) is 4.90 Å². The highest BCUT2D eigenvalue weighted by molar-refractivity contribution is 5.24. The first-order valence-electron chi connectivity index (χ1n) is 6.83. The number of benzene rings is 1. The molecular weight excluding hydrogens is 283 g/mol. The molecule has 0 unspecified atom stereocenters. The zero-order chi connectivity index (χ0) is 15.7. The van der Waals surface area contributed by atoms with Crippen molar-refractivity contribution in [2.75, 3.05) is 40.5 Å². The first-order chi connectivity index (χ1) is 9.97. The van der Waals surface area contributed by atoms with E-state index in [1.807, 2.05) is 0 Å². The molecule has 1 rings (SSSR count). The van der Waals surface area contributed by atoms with Crippen molar-refractivity contribution in [3.8, 4) is 0 Å². The Bertz CT molecular complexity index is 393. The van der Waals surface area contributed by atoms with Gasteiger partial charge in [-0.25, -0.2) is 0 Å². The lowest BCUT2D eigenvalue weighted by molar-refractivity contribution is -0.137. The van der Waals surface area contributed by atoms with Crippen LogP contribution in [0.5, 0.6) is 0 Å². The summed E-state index contributed by atoms with van der Waals surface area (Å²) < 4.78 is 47.6. The Balaban J connectivity index is 2.60. The molecule has 0 aliphatic rings. The molecule has 0 bridgehead atoms. The van der Waals surface area contributed by atoms with E-state index in [2.05, 4.69) is 4.90 Å². The predicted molar refractivity (Wildman–Crippen MR) is 75.1 cm³/mol. The van der Waals surface area contributed by atoms with Crippen molar-refractivity contribution in [3.05, 3.63) is 35.4 Å². The Morgan fingerprint density at radius 2 is 1.57 bits per heavy atom. The van der Waals surface area contributed by atoms with Gasteiger partial charge in [-0.3, -0.25) is 4.90 Å². The largest absolute Gasteiger partial charge is 0.416 e. The minimum atomic E-state index is -4.28. The zero-order valence-corrected chi connectivity index (χ0v) is 12.4. The van der Waals surface area contributed by atoms with Crippen molar-refractivity contribution in [2.45, 2.75) is 19.1 Å². The Morgan fingerprint density at radius 3 is 2.10 bits per heavy atom. The van der Waals surface area contributed by atoms with Gasteiger partial charge in [-0.05, 0) is 24.1 Å². The van der Waals surface area contributed by atoms with E-state index < -0.39 is 11.7 Å². The van der Waals surface area contributed by atoms with Crippen molar-refractivity contribution < 1.29 is 22.6 Å². The highest BCUT2D eigenvalue weighted by Gasteiger charge is 2.29. The van der Waals surface area contributed by atoms with E-state index in [1.54, 1.807) is 14.2 Å². The highest BCUT2D eigenvalue weighted by Crippen LogP contribution is 2.29. The predicted octanol–water partition coefficient (Wildman–Crippen LogP) is 3.19. The monoisotopic (exact) mass is 305 g/mol. The van der Waals surface area contributed by atoms with Crippen LogP contribution in [0.2, 0.25) is 0 Å². The van der Waals surface area contributed by atoms with Crippen molar-refractivity contribution in [2.24, 2.45) is 0 Å². The van der Waals surface area contributed by atoms with Crippen LogP contribution in [0.4, 0.5) is 13.2 Å². The third-order valence-corrected chi connectivity index (χ3v) is 3.12. The van der Waals surface area contributed by atoms with E-state index in [0.717, 1.165) is 37.2 Å². The molecular formula is C15H22F3NO2. The molecule has 0 N–H and O–H groups in total. The normalized spacial score (nSPS) is 12.1. The molecule has 0 saturated heterocycles. The van der Waals surface area contributed by atoms with Crippen LogP contribution in [0.25, 0.3) is 0 Å². The first kappa shape index (κ1) is 17.9. The topological polar surface area (TPSA) is 21.7 Å². The van der Waals surface area contributed by atoms with Gasteiger partial charge in [-0.2, -0.15) is 13.2 Å². The molecule has 0 aliphatic heterocycles. The lowest BCUT2D eigenvalue weighted by atomic mass is 10.1. The molecule has 0 heterocycles. The van der Waals surface area contributed by atoms with Crippen molar-refractivity contribution in [1.29, 1.82) is 0 Å². The molecule has 0 aliphatic carbocycles. The minimum Gasteiger partial charge on any atom is -0.385 e. The Kier molecular flexibility index (Phi) is 7.71. The number of nitrogens with zero attached hydrogens (tertiary/aromatic N) is 1.